The van der Waals surface area contributed by atoms with Crippen molar-refractivity contribution in [1.82, 2.24) is 15.1 Å². The van der Waals surface area contributed by atoms with Crippen LogP contribution in [0.5, 0.6) is 0 Å². The normalized spacial score (nSPS) is 11.3. The molecule has 0 bridgehead atoms. The summed E-state index contributed by atoms with van der Waals surface area (Å²) >= 11 is 0. The molecule has 0 amide bonds. The number of fused-ring (bicyclic) bond motifs is 1. The highest BCUT2D eigenvalue weighted by Gasteiger charge is 2.17. The molecule has 2 heterocycles. The first kappa shape index (κ1) is 18.1. The number of anilines is 1. The minimum Gasteiger partial charge on any atom is -0.365 e. The second-order valence-corrected chi connectivity index (χ2v) is 7.14. The fraction of sp³-hybridized carbons (Fsp3) is 0.227. The van der Waals surface area contributed by atoms with Crippen molar-refractivity contribution in [1.29, 1.82) is 0 Å². The van der Waals surface area contributed by atoms with Crippen LogP contribution in [0.1, 0.15) is 36.8 Å². The van der Waals surface area contributed by atoms with Crippen LogP contribution in [0.3, 0.4) is 0 Å². The van der Waals surface area contributed by atoms with Gasteiger partial charge in [0.15, 0.2) is 0 Å². The van der Waals surface area contributed by atoms with Crippen LogP contribution in [0, 0.1) is 12.7 Å². The number of benzene rings is 2. The predicted octanol–water partition coefficient (Wildman–Crippen LogP) is 5.47. The molecule has 0 saturated carbocycles. The van der Waals surface area contributed by atoms with E-state index in [1.54, 1.807) is 12.1 Å². The molecule has 0 atom stereocenters. The highest BCUT2D eigenvalue weighted by molar-refractivity contribution is 5.88. The average Bonchev–Trinajstić information content (AvgIpc) is 3.17. The number of aryl methyl sites for hydroxylation is 1. The second-order valence-electron chi connectivity index (χ2n) is 7.14. The molecule has 142 valence electrons. The molecule has 0 fully saturated rings. The first-order valence-corrected chi connectivity index (χ1v) is 9.24. The first-order chi connectivity index (χ1) is 13.5. The van der Waals surface area contributed by atoms with Crippen molar-refractivity contribution < 1.29 is 8.91 Å². The van der Waals surface area contributed by atoms with Crippen molar-refractivity contribution in [2.75, 3.05) is 5.32 Å². The summed E-state index contributed by atoms with van der Waals surface area (Å²) in [4.78, 5) is 9.25. The molecule has 0 radical (unpaired) electrons. The van der Waals surface area contributed by atoms with Crippen LogP contribution in [-0.2, 0) is 6.54 Å². The van der Waals surface area contributed by atoms with E-state index in [0.717, 1.165) is 22.0 Å². The van der Waals surface area contributed by atoms with Gasteiger partial charge in [-0.25, -0.2) is 9.37 Å². The van der Waals surface area contributed by atoms with Crippen molar-refractivity contribution in [3.63, 3.8) is 0 Å². The van der Waals surface area contributed by atoms with Gasteiger partial charge in [0.25, 0.3) is 0 Å². The van der Waals surface area contributed by atoms with Crippen LogP contribution in [0.4, 0.5) is 10.2 Å². The number of aromatic nitrogens is 3. The first-order valence-electron chi connectivity index (χ1n) is 9.24. The standard InChI is InChI=1S/C22H21FN4O/c1-13(2)22-26-21(27-28-22)17-11-16-10-14(3)8-9-19(16)25-20(17)24-12-15-6-4-5-7-18(15)23/h4-11,13H,12H2,1-3H3,(H,24,25). The van der Waals surface area contributed by atoms with Gasteiger partial charge in [0, 0.05) is 23.4 Å². The zero-order valence-electron chi connectivity index (χ0n) is 16.0. The molecule has 4 rings (SSSR count). The summed E-state index contributed by atoms with van der Waals surface area (Å²) in [6.07, 6.45) is 0. The maximum Gasteiger partial charge on any atom is 0.229 e. The lowest BCUT2D eigenvalue weighted by Crippen LogP contribution is -2.05. The third-order valence-corrected chi connectivity index (χ3v) is 4.55. The zero-order chi connectivity index (χ0) is 19.7. The van der Waals surface area contributed by atoms with Gasteiger partial charge in [-0.2, -0.15) is 4.98 Å². The van der Waals surface area contributed by atoms with E-state index in [9.17, 15) is 4.39 Å². The highest BCUT2D eigenvalue weighted by atomic mass is 19.1. The highest BCUT2D eigenvalue weighted by Crippen LogP contribution is 2.30. The lowest BCUT2D eigenvalue weighted by molar-refractivity contribution is 0.365. The number of nitrogens with one attached hydrogen (secondary N) is 1. The van der Waals surface area contributed by atoms with Crippen LogP contribution < -0.4 is 5.32 Å². The van der Waals surface area contributed by atoms with Crippen molar-refractivity contribution in [3.8, 4) is 11.4 Å². The number of nitrogens with zero attached hydrogens (tertiary/aromatic N) is 3. The topological polar surface area (TPSA) is 63.8 Å². The molecule has 6 heteroatoms. The summed E-state index contributed by atoms with van der Waals surface area (Å²) < 4.78 is 19.4. The molecule has 28 heavy (non-hydrogen) atoms. The van der Waals surface area contributed by atoms with Crippen LogP contribution in [0.2, 0.25) is 0 Å². The Kier molecular flexibility index (Phi) is 4.77. The zero-order valence-corrected chi connectivity index (χ0v) is 16.0. The van der Waals surface area contributed by atoms with E-state index >= 15 is 0 Å². The van der Waals surface area contributed by atoms with Gasteiger partial charge in [-0.1, -0.05) is 48.8 Å². The van der Waals surface area contributed by atoms with Crippen molar-refractivity contribution in [3.05, 3.63) is 71.4 Å². The number of hydrogen-bond acceptors (Lipinski definition) is 5. The van der Waals surface area contributed by atoms with Gasteiger partial charge in [0.05, 0.1) is 11.1 Å². The van der Waals surface area contributed by atoms with Crippen molar-refractivity contribution in [2.45, 2.75) is 33.2 Å². The summed E-state index contributed by atoms with van der Waals surface area (Å²) in [5, 5.41) is 8.36. The second kappa shape index (κ2) is 7.38. The molecule has 0 saturated heterocycles. The minimum atomic E-state index is -0.255. The Labute approximate surface area is 162 Å². The Morgan fingerprint density at radius 1 is 1.07 bits per heavy atom. The molecule has 2 aromatic heterocycles. The predicted molar refractivity (Wildman–Crippen MR) is 108 cm³/mol. The summed E-state index contributed by atoms with van der Waals surface area (Å²) in [6, 6.07) is 14.7. The van der Waals surface area contributed by atoms with E-state index < -0.39 is 0 Å². The summed E-state index contributed by atoms with van der Waals surface area (Å²) in [5.41, 5.74) is 3.28. The van der Waals surface area contributed by atoms with E-state index in [1.807, 2.05) is 45.0 Å². The van der Waals surface area contributed by atoms with E-state index in [2.05, 4.69) is 21.5 Å². The van der Waals surface area contributed by atoms with Crippen LogP contribution in [0.25, 0.3) is 22.3 Å². The fourth-order valence-electron chi connectivity index (χ4n) is 3.00. The molecule has 4 aromatic rings. The van der Waals surface area contributed by atoms with E-state index in [0.29, 0.717) is 29.6 Å². The lowest BCUT2D eigenvalue weighted by atomic mass is 10.1. The van der Waals surface area contributed by atoms with Crippen LogP contribution in [0.15, 0.2) is 53.1 Å². The van der Waals surface area contributed by atoms with Gasteiger partial charge in [-0.05, 0) is 31.2 Å². The smallest absolute Gasteiger partial charge is 0.229 e. The fourth-order valence-corrected chi connectivity index (χ4v) is 3.00. The number of pyridine rings is 1. The van der Waals surface area contributed by atoms with E-state index in [1.165, 1.54) is 6.07 Å². The molecular weight excluding hydrogens is 355 g/mol. The average molecular weight is 376 g/mol. The SMILES string of the molecule is Cc1ccc2nc(NCc3ccccc3F)c(-c3noc(C(C)C)n3)cc2c1. The lowest BCUT2D eigenvalue weighted by Gasteiger charge is -2.12. The molecular formula is C22H21FN4O. The molecule has 2 aromatic carbocycles. The Balaban J connectivity index is 1.78. The summed E-state index contributed by atoms with van der Waals surface area (Å²) in [6.45, 7) is 6.33. The van der Waals surface area contributed by atoms with E-state index in [4.69, 9.17) is 9.51 Å². The van der Waals surface area contributed by atoms with Gasteiger partial charge >= 0.3 is 0 Å². The van der Waals surface area contributed by atoms with Crippen molar-refractivity contribution in [2.24, 2.45) is 0 Å². The molecule has 0 unspecified atom stereocenters. The Bertz CT molecular complexity index is 1140. The van der Waals surface area contributed by atoms with Crippen LogP contribution in [-0.4, -0.2) is 15.1 Å². The molecule has 0 aliphatic heterocycles. The summed E-state index contributed by atoms with van der Waals surface area (Å²) in [7, 11) is 0. The molecule has 1 N–H and O–H groups in total. The monoisotopic (exact) mass is 376 g/mol. The quantitative estimate of drug-likeness (QED) is 0.500. The maximum absolute atomic E-state index is 14.0. The third-order valence-electron chi connectivity index (χ3n) is 4.55. The van der Waals surface area contributed by atoms with Gasteiger partial charge in [-0.15, -0.1) is 0 Å². The maximum atomic E-state index is 14.0. The Hall–Kier alpha value is -3.28. The van der Waals surface area contributed by atoms with E-state index in [-0.39, 0.29) is 11.7 Å². The van der Waals surface area contributed by atoms with Gasteiger partial charge in [-0.3, -0.25) is 0 Å². The summed E-state index contributed by atoms with van der Waals surface area (Å²) in [5.74, 6) is 1.51. The number of rotatable bonds is 5. The van der Waals surface area contributed by atoms with Gasteiger partial charge in [0.2, 0.25) is 11.7 Å². The largest absolute Gasteiger partial charge is 0.365 e. The molecule has 0 spiro atoms. The van der Waals surface area contributed by atoms with Crippen molar-refractivity contribution >= 4 is 16.7 Å². The molecule has 0 aliphatic carbocycles. The van der Waals surface area contributed by atoms with Gasteiger partial charge in [0.1, 0.15) is 11.6 Å². The van der Waals surface area contributed by atoms with Gasteiger partial charge < -0.3 is 9.84 Å². The minimum absolute atomic E-state index is 0.131. The molecule has 0 aliphatic rings. The van der Waals surface area contributed by atoms with Crippen LogP contribution >= 0.6 is 0 Å². The molecule has 5 nitrogen and oxygen atoms in total. The Morgan fingerprint density at radius 3 is 2.64 bits per heavy atom. The third kappa shape index (κ3) is 3.58. The number of halogens is 1. The number of hydrogen-bond donors (Lipinski definition) is 1. The Morgan fingerprint density at radius 2 is 1.89 bits per heavy atom.